The average Bonchev–Trinajstić information content (AvgIpc) is 2.51. The van der Waals surface area contributed by atoms with Gasteiger partial charge in [-0.25, -0.2) is 4.39 Å². The third kappa shape index (κ3) is 1.99. The zero-order chi connectivity index (χ0) is 9.97. The molecule has 0 radical (unpaired) electrons. The van der Waals surface area contributed by atoms with Crippen molar-refractivity contribution in [2.24, 2.45) is 0 Å². The molecule has 0 fully saturated rings. The minimum atomic E-state index is -0.223. The molecule has 0 saturated heterocycles. The summed E-state index contributed by atoms with van der Waals surface area (Å²) >= 11 is 0. The fraction of sp³-hybridized carbons (Fsp3) is 0.182. The Morgan fingerprint density at radius 2 is 2.21 bits per heavy atom. The summed E-state index contributed by atoms with van der Waals surface area (Å²) in [4.78, 5) is 0. The second-order valence-electron chi connectivity index (χ2n) is 3.24. The number of aromatic nitrogens is 1. The first kappa shape index (κ1) is 8.94. The van der Waals surface area contributed by atoms with Gasteiger partial charge in [-0.3, -0.25) is 0 Å². The summed E-state index contributed by atoms with van der Waals surface area (Å²) in [7, 11) is 0. The number of rotatable bonds is 2. The lowest BCUT2D eigenvalue weighted by molar-refractivity contribution is 0.385. The molecule has 0 amide bonds. The normalized spacial score (nSPS) is 10.4. The van der Waals surface area contributed by atoms with Crippen LogP contribution >= 0.6 is 0 Å². The highest BCUT2D eigenvalue weighted by Crippen LogP contribution is 2.11. The molecule has 0 bridgehead atoms. The predicted molar refractivity (Wildman–Crippen MR) is 50.4 cm³/mol. The van der Waals surface area contributed by atoms with E-state index in [1.807, 2.05) is 19.1 Å². The Kier molecular flexibility index (Phi) is 2.31. The highest BCUT2D eigenvalue weighted by molar-refractivity contribution is 5.21. The van der Waals surface area contributed by atoms with Gasteiger partial charge >= 0.3 is 0 Å². The zero-order valence-corrected chi connectivity index (χ0v) is 7.83. The van der Waals surface area contributed by atoms with Crippen molar-refractivity contribution in [2.75, 3.05) is 0 Å². The number of aryl methyl sites for hydroxylation is 1. The lowest BCUT2D eigenvalue weighted by Gasteiger charge is -1.96. The van der Waals surface area contributed by atoms with Crippen molar-refractivity contribution in [2.45, 2.75) is 13.3 Å². The van der Waals surface area contributed by atoms with Crippen LogP contribution in [0.3, 0.4) is 0 Å². The number of hydrogen-bond donors (Lipinski definition) is 0. The van der Waals surface area contributed by atoms with Crippen molar-refractivity contribution in [1.82, 2.24) is 5.16 Å². The molecule has 1 aromatic carbocycles. The first-order valence-electron chi connectivity index (χ1n) is 4.41. The summed E-state index contributed by atoms with van der Waals surface area (Å²) in [5.41, 5.74) is 1.73. The van der Waals surface area contributed by atoms with Crippen molar-refractivity contribution >= 4 is 0 Å². The van der Waals surface area contributed by atoms with Gasteiger partial charge in [0.25, 0.3) is 0 Å². The third-order valence-electron chi connectivity index (χ3n) is 1.94. The van der Waals surface area contributed by atoms with Gasteiger partial charge in [-0.05, 0) is 24.6 Å². The second kappa shape index (κ2) is 3.62. The molecule has 1 aromatic heterocycles. The minimum absolute atomic E-state index is 0.223. The van der Waals surface area contributed by atoms with E-state index in [0.717, 1.165) is 17.0 Å². The van der Waals surface area contributed by atoms with Crippen LogP contribution in [0.25, 0.3) is 0 Å². The molecule has 0 spiro atoms. The molecule has 0 unspecified atom stereocenters. The lowest BCUT2D eigenvalue weighted by Crippen LogP contribution is -1.86. The molecule has 0 N–H and O–H groups in total. The topological polar surface area (TPSA) is 26.0 Å². The molecule has 72 valence electrons. The smallest absolute Gasteiger partial charge is 0.141 e. The van der Waals surface area contributed by atoms with Crippen molar-refractivity contribution in [3.05, 3.63) is 53.2 Å². The van der Waals surface area contributed by atoms with Crippen LogP contribution in [-0.4, -0.2) is 5.16 Å². The van der Waals surface area contributed by atoms with Crippen LogP contribution in [0.2, 0.25) is 0 Å². The first-order valence-corrected chi connectivity index (χ1v) is 4.41. The molecule has 0 saturated carbocycles. The molecule has 1 heterocycles. The van der Waals surface area contributed by atoms with Gasteiger partial charge in [-0.1, -0.05) is 17.3 Å². The fourth-order valence-electron chi connectivity index (χ4n) is 1.35. The summed E-state index contributed by atoms with van der Waals surface area (Å²) in [5.74, 6) is 0.534. The Morgan fingerprint density at radius 1 is 1.36 bits per heavy atom. The minimum Gasteiger partial charge on any atom is -0.361 e. The van der Waals surface area contributed by atoms with Gasteiger partial charge < -0.3 is 4.52 Å². The van der Waals surface area contributed by atoms with Crippen LogP contribution < -0.4 is 0 Å². The maximum absolute atomic E-state index is 12.8. The van der Waals surface area contributed by atoms with Gasteiger partial charge in [0.05, 0.1) is 5.69 Å². The molecule has 3 heteroatoms. The Morgan fingerprint density at radius 3 is 2.86 bits per heavy atom. The molecule has 0 aliphatic carbocycles. The lowest BCUT2D eigenvalue weighted by atomic mass is 10.1. The number of hydrogen-bond acceptors (Lipinski definition) is 2. The van der Waals surface area contributed by atoms with E-state index in [-0.39, 0.29) is 5.82 Å². The van der Waals surface area contributed by atoms with Gasteiger partial charge in [0.15, 0.2) is 0 Å². The van der Waals surface area contributed by atoms with E-state index in [2.05, 4.69) is 5.16 Å². The maximum atomic E-state index is 12.8. The summed E-state index contributed by atoms with van der Waals surface area (Å²) in [6, 6.07) is 8.33. The Hall–Kier alpha value is -1.64. The summed E-state index contributed by atoms with van der Waals surface area (Å²) in [5, 5.41) is 3.77. The SMILES string of the molecule is Cc1cc(Cc2cccc(F)c2)on1. The molecule has 2 nitrogen and oxygen atoms in total. The summed E-state index contributed by atoms with van der Waals surface area (Å²) in [6.45, 7) is 1.86. The standard InChI is InChI=1S/C11H10FNO/c1-8-5-11(14-13-8)7-9-3-2-4-10(12)6-9/h2-6H,7H2,1H3. The Labute approximate surface area is 81.3 Å². The van der Waals surface area contributed by atoms with Crippen molar-refractivity contribution < 1.29 is 8.91 Å². The molecule has 2 rings (SSSR count). The van der Waals surface area contributed by atoms with E-state index in [1.165, 1.54) is 12.1 Å². The average molecular weight is 191 g/mol. The van der Waals surface area contributed by atoms with E-state index in [1.54, 1.807) is 6.07 Å². The van der Waals surface area contributed by atoms with E-state index in [0.29, 0.717) is 6.42 Å². The first-order chi connectivity index (χ1) is 6.74. The molecule has 0 aliphatic rings. The maximum Gasteiger partial charge on any atom is 0.141 e. The number of halogens is 1. The number of nitrogens with zero attached hydrogens (tertiary/aromatic N) is 1. The second-order valence-corrected chi connectivity index (χ2v) is 3.24. The van der Waals surface area contributed by atoms with Gasteiger partial charge in [-0.15, -0.1) is 0 Å². The van der Waals surface area contributed by atoms with Gasteiger partial charge in [-0.2, -0.15) is 0 Å². The van der Waals surface area contributed by atoms with Crippen molar-refractivity contribution in [3.8, 4) is 0 Å². The largest absolute Gasteiger partial charge is 0.361 e. The van der Waals surface area contributed by atoms with Crippen LogP contribution in [0, 0.1) is 12.7 Å². The van der Waals surface area contributed by atoms with E-state index < -0.39 is 0 Å². The van der Waals surface area contributed by atoms with Crippen LogP contribution in [0.4, 0.5) is 4.39 Å². The highest BCUT2D eigenvalue weighted by Gasteiger charge is 2.02. The molecule has 2 aromatic rings. The van der Waals surface area contributed by atoms with Crippen molar-refractivity contribution in [3.63, 3.8) is 0 Å². The predicted octanol–water partition coefficient (Wildman–Crippen LogP) is 2.71. The van der Waals surface area contributed by atoms with Crippen LogP contribution in [-0.2, 0) is 6.42 Å². The molecular weight excluding hydrogens is 181 g/mol. The molecule has 14 heavy (non-hydrogen) atoms. The van der Waals surface area contributed by atoms with Gasteiger partial charge in [0.2, 0.25) is 0 Å². The van der Waals surface area contributed by atoms with Crippen LogP contribution in [0.15, 0.2) is 34.9 Å². The Balaban J connectivity index is 2.18. The zero-order valence-electron chi connectivity index (χ0n) is 7.83. The van der Waals surface area contributed by atoms with Gasteiger partial charge in [0, 0.05) is 12.5 Å². The molecular formula is C11H10FNO. The van der Waals surface area contributed by atoms with Gasteiger partial charge in [0.1, 0.15) is 11.6 Å². The fourth-order valence-corrected chi connectivity index (χ4v) is 1.35. The molecule has 0 aliphatic heterocycles. The quantitative estimate of drug-likeness (QED) is 0.729. The summed E-state index contributed by atoms with van der Waals surface area (Å²) in [6.07, 6.45) is 0.582. The van der Waals surface area contributed by atoms with E-state index in [9.17, 15) is 4.39 Å². The van der Waals surface area contributed by atoms with Crippen LogP contribution in [0.1, 0.15) is 17.0 Å². The third-order valence-corrected chi connectivity index (χ3v) is 1.94. The Bertz CT molecular complexity index is 436. The molecule has 0 atom stereocenters. The van der Waals surface area contributed by atoms with Crippen LogP contribution in [0.5, 0.6) is 0 Å². The summed E-state index contributed by atoms with van der Waals surface area (Å²) < 4.78 is 17.9. The highest BCUT2D eigenvalue weighted by atomic mass is 19.1. The van der Waals surface area contributed by atoms with E-state index >= 15 is 0 Å². The van der Waals surface area contributed by atoms with Crippen molar-refractivity contribution in [1.29, 1.82) is 0 Å². The van der Waals surface area contributed by atoms with E-state index in [4.69, 9.17) is 4.52 Å². The number of benzene rings is 1. The monoisotopic (exact) mass is 191 g/mol.